The molecular formula is C19H15N4. The number of benzene rings is 2. The fourth-order valence-corrected chi connectivity index (χ4v) is 2.83. The van der Waals surface area contributed by atoms with E-state index >= 15 is 0 Å². The molecular weight excluding hydrogens is 284 g/mol. The van der Waals surface area contributed by atoms with Crippen LogP contribution >= 0.6 is 0 Å². The highest BCUT2D eigenvalue weighted by Crippen LogP contribution is 2.19. The Morgan fingerprint density at radius 1 is 0.783 bits per heavy atom. The summed E-state index contributed by atoms with van der Waals surface area (Å²) in [5.74, 6) is 0. The normalized spacial score (nSPS) is 11.1. The van der Waals surface area contributed by atoms with Crippen molar-refractivity contribution in [3.05, 3.63) is 78.6 Å². The van der Waals surface area contributed by atoms with E-state index in [0.717, 1.165) is 34.8 Å². The molecule has 2 aromatic carbocycles. The molecule has 4 aromatic rings. The predicted molar refractivity (Wildman–Crippen MR) is 90.8 cm³/mol. The zero-order valence-electron chi connectivity index (χ0n) is 12.6. The number of nitrogens with zero attached hydrogens (tertiary/aromatic N) is 4. The van der Waals surface area contributed by atoms with Gasteiger partial charge in [-0.3, -0.25) is 9.97 Å². The highest BCUT2D eigenvalue weighted by molar-refractivity contribution is 5.81. The highest BCUT2D eigenvalue weighted by Gasteiger charge is 2.05. The molecule has 0 aliphatic carbocycles. The number of aromatic nitrogens is 4. The van der Waals surface area contributed by atoms with E-state index in [0.29, 0.717) is 0 Å². The van der Waals surface area contributed by atoms with Crippen molar-refractivity contribution in [3.8, 4) is 0 Å². The van der Waals surface area contributed by atoms with E-state index < -0.39 is 0 Å². The molecule has 0 amide bonds. The Hall–Kier alpha value is -2.88. The Morgan fingerprint density at radius 2 is 1.61 bits per heavy atom. The summed E-state index contributed by atoms with van der Waals surface area (Å²) in [6, 6.07) is 14.2. The fraction of sp³-hybridized carbons (Fsp3) is 0.105. The van der Waals surface area contributed by atoms with Gasteiger partial charge in [0, 0.05) is 17.8 Å². The minimum Gasteiger partial charge on any atom is -0.253 e. The van der Waals surface area contributed by atoms with Crippen LogP contribution in [0.4, 0.5) is 0 Å². The molecule has 111 valence electrons. The summed E-state index contributed by atoms with van der Waals surface area (Å²) in [5.41, 5.74) is 5.25. The predicted octanol–water partition coefficient (Wildman–Crippen LogP) is 3.56. The molecule has 2 aromatic heterocycles. The lowest BCUT2D eigenvalue weighted by Crippen LogP contribution is -1.97. The minimum atomic E-state index is 0.854. The van der Waals surface area contributed by atoms with Gasteiger partial charge in [-0.05, 0) is 42.5 Å². The van der Waals surface area contributed by atoms with Crippen molar-refractivity contribution >= 4 is 21.9 Å². The van der Waals surface area contributed by atoms with Crippen molar-refractivity contribution in [2.75, 3.05) is 0 Å². The SMILES string of the molecule is [CH](Cc1cnnc2ccccc12)Cc1cccc2nccnc12. The molecule has 1 radical (unpaired) electrons. The van der Waals surface area contributed by atoms with E-state index in [4.69, 9.17) is 0 Å². The van der Waals surface area contributed by atoms with Crippen molar-refractivity contribution in [3.63, 3.8) is 0 Å². The van der Waals surface area contributed by atoms with Gasteiger partial charge in [0.15, 0.2) is 0 Å². The highest BCUT2D eigenvalue weighted by atomic mass is 15.1. The maximum atomic E-state index is 4.45. The van der Waals surface area contributed by atoms with Gasteiger partial charge in [0.2, 0.25) is 0 Å². The summed E-state index contributed by atoms with van der Waals surface area (Å²) in [6.45, 7) is 0. The number of hydrogen-bond acceptors (Lipinski definition) is 4. The smallest absolute Gasteiger partial charge is 0.0932 e. The van der Waals surface area contributed by atoms with Crippen molar-refractivity contribution in [2.45, 2.75) is 12.8 Å². The maximum Gasteiger partial charge on any atom is 0.0932 e. The van der Waals surface area contributed by atoms with Gasteiger partial charge in [-0.2, -0.15) is 10.2 Å². The summed E-state index contributed by atoms with van der Waals surface area (Å²) in [7, 11) is 0. The first kappa shape index (κ1) is 13.8. The Labute approximate surface area is 134 Å². The van der Waals surface area contributed by atoms with Crippen LogP contribution in [0.5, 0.6) is 0 Å². The molecule has 0 aliphatic heterocycles. The third-order valence-electron chi connectivity index (χ3n) is 3.94. The molecule has 0 spiro atoms. The number of rotatable bonds is 4. The first-order chi connectivity index (χ1) is 11.4. The van der Waals surface area contributed by atoms with Gasteiger partial charge >= 0.3 is 0 Å². The lowest BCUT2D eigenvalue weighted by atomic mass is 10.0. The standard InChI is InChI=1S/C19H15N4/c1-2-9-17-16(8-1)15(13-22-23-17)7-3-5-14-6-4-10-18-19(14)21-12-11-20-18/h1-4,6,8-13H,5,7H2. The van der Waals surface area contributed by atoms with Gasteiger partial charge in [-0.15, -0.1) is 0 Å². The molecule has 0 unspecified atom stereocenters. The third-order valence-corrected chi connectivity index (χ3v) is 3.94. The van der Waals surface area contributed by atoms with Crippen molar-refractivity contribution < 1.29 is 0 Å². The fourth-order valence-electron chi connectivity index (χ4n) is 2.83. The zero-order chi connectivity index (χ0) is 15.5. The van der Waals surface area contributed by atoms with Gasteiger partial charge in [0.05, 0.1) is 22.7 Å². The Morgan fingerprint density at radius 3 is 2.61 bits per heavy atom. The van der Waals surface area contributed by atoms with E-state index in [2.05, 4.69) is 38.7 Å². The Bertz CT molecular complexity index is 875. The van der Waals surface area contributed by atoms with Crippen LogP contribution in [0, 0.1) is 6.42 Å². The monoisotopic (exact) mass is 299 g/mol. The van der Waals surface area contributed by atoms with Crippen LogP contribution in [0.1, 0.15) is 11.1 Å². The summed E-state index contributed by atoms with van der Waals surface area (Å²) in [5, 5.41) is 9.43. The van der Waals surface area contributed by atoms with Crippen LogP contribution in [0.25, 0.3) is 21.9 Å². The Balaban J connectivity index is 1.55. The van der Waals surface area contributed by atoms with E-state index in [1.54, 1.807) is 12.4 Å². The quantitative estimate of drug-likeness (QED) is 0.578. The average molecular weight is 299 g/mol. The molecule has 0 saturated carbocycles. The molecule has 0 saturated heterocycles. The largest absolute Gasteiger partial charge is 0.253 e. The molecule has 0 fully saturated rings. The lowest BCUT2D eigenvalue weighted by molar-refractivity contribution is 0.995. The molecule has 4 heteroatoms. The topological polar surface area (TPSA) is 51.6 Å². The van der Waals surface area contributed by atoms with Gasteiger partial charge in [-0.25, -0.2) is 0 Å². The van der Waals surface area contributed by atoms with Crippen molar-refractivity contribution in [1.82, 2.24) is 20.2 Å². The summed E-state index contributed by atoms with van der Waals surface area (Å²) < 4.78 is 0. The summed E-state index contributed by atoms with van der Waals surface area (Å²) in [6.07, 6.45) is 9.28. The van der Waals surface area contributed by atoms with E-state index in [-0.39, 0.29) is 0 Å². The molecule has 0 atom stereocenters. The van der Waals surface area contributed by atoms with Crippen LogP contribution < -0.4 is 0 Å². The third kappa shape index (κ3) is 2.75. The Kier molecular flexibility index (Phi) is 3.64. The van der Waals surface area contributed by atoms with Crippen molar-refractivity contribution in [2.24, 2.45) is 0 Å². The van der Waals surface area contributed by atoms with Gasteiger partial charge in [0.1, 0.15) is 0 Å². The van der Waals surface area contributed by atoms with E-state index in [1.807, 2.05) is 36.5 Å². The molecule has 4 nitrogen and oxygen atoms in total. The number of fused-ring (bicyclic) bond motifs is 2. The van der Waals surface area contributed by atoms with Gasteiger partial charge in [-0.1, -0.05) is 30.3 Å². The first-order valence-corrected chi connectivity index (χ1v) is 7.61. The van der Waals surface area contributed by atoms with Crippen molar-refractivity contribution in [1.29, 1.82) is 0 Å². The zero-order valence-corrected chi connectivity index (χ0v) is 12.6. The second-order valence-corrected chi connectivity index (χ2v) is 5.43. The van der Waals surface area contributed by atoms with E-state index in [9.17, 15) is 0 Å². The number of hydrogen-bond donors (Lipinski definition) is 0. The summed E-state index contributed by atoms with van der Waals surface area (Å²) in [4.78, 5) is 8.81. The van der Waals surface area contributed by atoms with Crippen LogP contribution in [-0.2, 0) is 12.8 Å². The van der Waals surface area contributed by atoms with Crippen LogP contribution in [0.3, 0.4) is 0 Å². The van der Waals surface area contributed by atoms with Crippen LogP contribution in [0.15, 0.2) is 61.1 Å². The second kappa shape index (κ2) is 6.08. The average Bonchev–Trinajstić information content (AvgIpc) is 2.62. The molecule has 0 N–H and O–H groups in total. The minimum absolute atomic E-state index is 0.854. The molecule has 0 aliphatic rings. The molecule has 23 heavy (non-hydrogen) atoms. The first-order valence-electron chi connectivity index (χ1n) is 7.61. The molecule has 2 heterocycles. The second-order valence-electron chi connectivity index (χ2n) is 5.43. The maximum absolute atomic E-state index is 4.45. The lowest BCUT2D eigenvalue weighted by Gasteiger charge is -2.06. The summed E-state index contributed by atoms with van der Waals surface area (Å²) >= 11 is 0. The van der Waals surface area contributed by atoms with Gasteiger partial charge in [0.25, 0.3) is 0 Å². The van der Waals surface area contributed by atoms with E-state index in [1.165, 1.54) is 11.1 Å². The van der Waals surface area contributed by atoms with Crippen LogP contribution in [0.2, 0.25) is 0 Å². The molecule has 0 bridgehead atoms. The number of para-hydroxylation sites is 1. The molecule has 4 rings (SSSR count). The van der Waals surface area contributed by atoms with Gasteiger partial charge < -0.3 is 0 Å². The van der Waals surface area contributed by atoms with Crippen LogP contribution in [-0.4, -0.2) is 20.2 Å².